The first kappa shape index (κ1) is 14.0. The molecule has 0 amide bonds. The van der Waals surface area contributed by atoms with Crippen LogP contribution in [0.25, 0.3) is 0 Å². The molecule has 0 aromatic heterocycles. The summed E-state index contributed by atoms with van der Waals surface area (Å²) in [7, 11) is 1.79. The van der Waals surface area contributed by atoms with Crippen LogP contribution >= 0.6 is 11.8 Å². The largest absolute Gasteiger partial charge is 0.486 e. The van der Waals surface area contributed by atoms with Gasteiger partial charge < -0.3 is 19.5 Å². The molecule has 1 heterocycles. The highest BCUT2D eigenvalue weighted by atomic mass is 32.2. The Morgan fingerprint density at radius 1 is 1.25 bits per heavy atom. The van der Waals surface area contributed by atoms with Gasteiger partial charge in [-0.05, 0) is 36.8 Å². The average Bonchev–Trinajstić information content (AvgIpc) is 2.45. The van der Waals surface area contributed by atoms with Crippen molar-refractivity contribution in [2.75, 3.05) is 26.6 Å². The van der Waals surface area contributed by atoms with E-state index in [1.807, 2.05) is 0 Å². The van der Waals surface area contributed by atoms with Crippen LogP contribution in [-0.4, -0.2) is 38.7 Å². The first-order chi connectivity index (χ1) is 9.80. The topological polar surface area (TPSA) is 39.7 Å². The molecular formula is C15H21NO3S. The summed E-state index contributed by atoms with van der Waals surface area (Å²) in [5.74, 6) is 1.74. The summed E-state index contributed by atoms with van der Waals surface area (Å²) in [4.78, 5) is 1.25. The van der Waals surface area contributed by atoms with E-state index in [0.29, 0.717) is 25.4 Å². The van der Waals surface area contributed by atoms with Gasteiger partial charge in [-0.15, -0.1) is 11.8 Å². The highest BCUT2D eigenvalue weighted by molar-refractivity contribution is 7.98. The van der Waals surface area contributed by atoms with Crippen molar-refractivity contribution in [3.8, 4) is 11.5 Å². The van der Waals surface area contributed by atoms with Crippen LogP contribution in [0.4, 0.5) is 0 Å². The van der Waals surface area contributed by atoms with E-state index in [1.165, 1.54) is 10.5 Å². The van der Waals surface area contributed by atoms with E-state index in [1.54, 1.807) is 18.9 Å². The fraction of sp³-hybridized carbons (Fsp3) is 0.600. The highest BCUT2D eigenvalue weighted by Gasteiger charge is 2.28. The first-order valence-electron chi connectivity index (χ1n) is 7.03. The molecule has 1 aromatic carbocycles. The summed E-state index contributed by atoms with van der Waals surface area (Å²) >= 11 is 1.75. The van der Waals surface area contributed by atoms with Crippen LogP contribution in [0.2, 0.25) is 0 Å². The molecule has 0 saturated heterocycles. The van der Waals surface area contributed by atoms with Gasteiger partial charge in [-0.25, -0.2) is 0 Å². The van der Waals surface area contributed by atoms with Gasteiger partial charge in [0.05, 0.1) is 6.10 Å². The SMILES string of the molecule is COC1CC(NCc2cc3c(cc2SC)OCCO3)C1. The number of methoxy groups -OCH3 is 1. The third kappa shape index (κ3) is 2.90. The van der Waals surface area contributed by atoms with Crippen LogP contribution in [0.5, 0.6) is 11.5 Å². The van der Waals surface area contributed by atoms with E-state index < -0.39 is 0 Å². The molecular weight excluding hydrogens is 274 g/mol. The number of benzene rings is 1. The van der Waals surface area contributed by atoms with Gasteiger partial charge in [0.1, 0.15) is 13.2 Å². The van der Waals surface area contributed by atoms with Gasteiger partial charge in [0, 0.05) is 24.6 Å². The first-order valence-corrected chi connectivity index (χ1v) is 8.25. The Kier molecular flexibility index (Phi) is 4.38. The van der Waals surface area contributed by atoms with Crippen molar-refractivity contribution in [3.63, 3.8) is 0 Å². The Balaban J connectivity index is 1.65. The van der Waals surface area contributed by atoms with E-state index in [9.17, 15) is 0 Å². The maximum Gasteiger partial charge on any atom is 0.162 e. The maximum atomic E-state index is 5.66. The van der Waals surface area contributed by atoms with Crippen molar-refractivity contribution >= 4 is 11.8 Å². The van der Waals surface area contributed by atoms with E-state index >= 15 is 0 Å². The van der Waals surface area contributed by atoms with Crippen LogP contribution in [0.3, 0.4) is 0 Å². The zero-order valence-electron chi connectivity index (χ0n) is 12.0. The molecule has 0 atom stereocenters. The number of fused-ring (bicyclic) bond motifs is 1. The van der Waals surface area contributed by atoms with Gasteiger partial charge in [-0.2, -0.15) is 0 Å². The zero-order chi connectivity index (χ0) is 13.9. The molecule has 3 rings (SSSR count). The monoisotopic (exact) mass is 295 g/mol. The molecule has 0 spiro atoms. The quantitative estimate of drug-likeness (QED) is 0.845. The molecule has 1 aromatic rings. The molecule has 1 aliphatic carbocycles. The minimum absolute atomic E-state index is 0.438. The van der Waals surface area contributed by atoms with Crippen LogP contribution in [-0.2, 0) is 11.3 Å². The lowest BCUT2D eigenvalue weighted by Crippen LogP contribution is -2.44. The van der Waals surface area contributed by atoms with Gasteiger partial charge in [0.2, 0.25) is 0 Å². The minimum atomic E-state index is 0.438. The predicted octanol–water partition coefficient (Wildman–Crippen LogP) is 2.45. The fourth-order valence-corrected chi connectivity index (χ4v) is 3.24. The number of hydrogen-bond donors (Lipinski definition) is 1. The van der Waals surface area contributed by atoms with Crippen molar-refractivity contribution in [3.05, 3.63) is 17.7 Å². The van der Waals surface area contributed by atoms with Crippen LogP contribution < -0.4 is 14.8 Å². The smallest absolute Gasteiger partial charge is 0.162 e. The van der Waals surface area contributed by atoms with Crippen molar-refractivity contribution < 1.29 is 14.2 Å². The van der Waals surface area contributed by atoms with Crippen LogP contribution in [0, 0.1) is 0 Å². The standard InChI is InChI=1S/C15H21NO3S/c1-17-12-6-11(7-12)16-9-10-5-13-14(8-15(10)20-2)19-4-3-18-13/h5,8,11-12,16H,3-4,6-7,9H2,1-2H3. The molecule has 1 saturated carbocycles. The summed E-state index contributed by atoms with van der Waals surface area (Å²) in [6, 6.07) is 4.78. The molecule has 110 valence electrons. The molecule has 4 nitrogen and oxygen atoms in total. The zero-order valence-corrected chi connectivity index (χ0v) is 12.8. The molecule has 20 heavy (non-hydrogen) atoms. The van der Waals surface area contributed by atoms with Crippen molar-refractivity contribution in [1.29, 1.82) is 0 Å². The second kappa shape index (κ2) is 6.24. The van der Waals surface area contributed by atoms with Crippen molar-refractivity contribution in [1.82, 2.24) is 5.32 Å². The van der Waals surface area contributed by atoms with E-state index in [0.717, 1.165) is 30.9 Å². The lowest BCUT2D eigenvalue weighted by Gasteiger charge is -2.35. The fourth-order valence-electron chi connectivity index (χ4n) is 2.62. The van der Waals surface area contributed by atoms with Crippen molar-refractivity contribution in [2.24, 2.45) is 0 Å². The van der Waals surface area contributed by atoms with Gasteiger partial charge >= 0.3 is 0 Å². The summed E-state index contributed by atoms with van der Waals surface area (Å²) in [6.07, 6.45) is 4.75. The Labute approximate surface area is 124 Å². The number of thioether (sulfide) groups is 1. The minimum Gasteiger partial charge on any atom is -0.486 e. The van der Waals surface area contributed by atoms with Gasteiger partial charge in [0.25, 0.3) is 0 Å². The van der Waals surface area contributed by atoms with Gasteiger partial charge in [-0.1, -0.05) is 0 Å². The Bertz CT molecular complexity index is 474. The summed E-state index contributed by atoms with van der Waals surface area (Å²) < 4.78 is 16.6. The number of ether oxygens (including phenoxy) is 3. The molecule has 0 unspecified atom stereocenters. The summed E-state index contributed by atoms with van der Waals surface area (Å²) in [5, 5.41) is 3.59. The van der Waals surface area contributed by atoms with Gasteiger partial charge in [-0.3, -0.25) is 0 Å². The predicted molar refractivity (Wildman–Crippen MR) is 79.9 cm³/mol. The molecule has 1 aliphatic heterocycles. The van der Waals surface area contributed by atoms with Gasteiger partial charge in [0.15, 0.2) is 11.5 Å². The summed E-state index contributed by atoms with van der Waals surface area (Å²) in [5.41, 5.74) is 1.28. The third-order valence-electron chi connectivity index (χ3n) is 3.95. The Morgan fingerprint density at radius 2 is 1.95 bits per heavy atom. The average molecular weight is 295 g/mol. The van der Waals surface area contributed by atoms with Crippen LogP contribution in [0.1, 0.15) is 18.4 Å². The van der Waals surface area contributed by atoms with E-state index in [2.05, 4.69) is 23.7 Å². The van der Waals surface area contributed by atoms with Crippen LogP contribution in [0.15, 0.2) is 17.0 Å². The second-order valence-corrected chi connectivity index (χ2v) is 6.06. The molecule has 0 radical (unpaired) electrons. The number of hydrogen-bond acceptors (Lipinski definition) is 5. The molecule has 0 bridgehead atoms. The Morgan fingerprint density at radius 3 is 2.60 bits per heavy atom. The summed E-state index contributed by atoms with van der Waals surface area (Å²) in [6.45, 7) is 2.14. The molecule has 1 N–H and O–H groups in total. The number of nitrogens with one attached hydrogen (secondary N) is 1. The second-order valence-electron chi connectivity index (χ2n) is 5.21. The van der Waals surface area contributed by atoms with E-state index in [-0.39, 0.29) is 0 Å². The Hall–Kier alpha value is -0.910. The highest BCUT2D eigenvalue weighted by Crippen LogP contribution is 2.36. The van der Waals surface area contributed by atoms with E-state index in [4.69, 9.17) is 14.2 Å². The molecule has 2 aliphatic rings. The molecule has 5 heteroatoms. The normalized spacial score (nSPS) is 24.3. The number of rotatable bonds is 5. The van der Waals surface area contributed by atoms with Crippen molar-refractivity contribution in [2.45, 2.75) is 36.4 Å². The lowest BCUT2D eigenvalue weighted by atomic mass is 9.89. The molecule has 1 fully saturated rings. The maximum absolute atomic E-state index is 5.66. The lowest BCUT2D eigenvalue weighted by molar-refractivity contribution is 0.0169. The third-order valence-corrected chi connectivity index (χ3v) is 4.77.